The van der Waals surface area contributed by atoms with Gasteiger partial charge < -0.3 is 4.74 Å². The van der Waals surface area contributed by atoms with Crippen LogP contribution in [0.1, 0.15) is 65.5 Å². The summed E-state index contributed by atoms with van der Waals surface area (Å²) in [5.74, 6) is -0.429. The first kappa shape index (κ1) is 25.0. The van der Waals surface area contributed by atoms with E-state index >= 15 is 0 Å². The summed E-state index contributed by atoms with van der Waals surface area (Å²) in [6, 6.07) is 14.5. The molecule has 0 unspecified atom stereocenters. The van der Waals surface area contributed by atoms with Crippen LogP contribution in [0.4, 0.5) is 5.69 Å². The van der Waals surface area contributed by atoms with Crippen LogP contribution in [0.25, 0.3) is 0 Å². The maximum absolute atomic E-state index is 12.2. The summed E-state index contributed by atoms with van der Waals surface area (Å²) in [6.07, 6.45) is 1.50. The van der Waals surface area contributed by atoms with Gasteiger partial charge in [-0.25, -0.2) is 5.43 Å². The van der Waals surface area contributed by atoms with E-state index in [1.54, 1.807) is 12.1 Å². The molecule has 0 atom stereocenters. The summed E-state index contributed by atoms with van der Waals surface area (Å²) in [7, 11) is 0. The highest BCUT2D eigenvalue weighted by Gasteiger charge is 2.29. The van der Waals surface area contributed by atoms with Crippen LogP contribution in [0.15, 0.2) is 53.6 Å². The Hall–Kier alpha value is -3.22. The monoisotopic (exact) mass is 439 g/mol. The minimum Gasteiger partial charge on any atom is -0.477 e. The molecule has 0 aliphatic carbocycles. The lowest BCUT2D eigenvalue weighted by molar-refractivity contribution is -0.385. The van der Waals surface area contributed by atoms with Gasteiger partial charge >= 0.3 is 5.69 Å². The Morgan fingerprint density at radius 2 is 1.75 bits per heavy atom. The van der Waals surface area contributed by atoms with E-state index in [2.05, 4.69) is 45.1 Å². The third-order valence-corrected chi connectivity index (χ3v) is 5.03. The molecule has 0 aromatic heterocycles. The minimum atomic E-state index is -0.488. The van der Waals surface area contributed by atoms with E-state index in [1.807, 2.05) is 43.3 Å². The van der Waals surface area contributed by atoms with Crippen molar-refractivity contribution in [3.8, 4) is 5.75 Å². The van der Waals surface area contributed by atoms with Gasteiger partial charge in [0.25, 0.3) is 5.91 Å². The van der Waals surface area contributed by atoms with Gasteiger partial charge in [0.05, 0.1) is 10.6 Å². The Labute approximate surface area is 190 Å². The number of amides is 1. The number of benzene rings is 2. The molecule has 1 N–H and O–H groups in total. The average Bonchev–Trinajstić information content (AvgIpc) is 2.71. The number of carbonyl (C=O) groups is 1. The molecule has 2 aromatic rings. The van der Waals surface area contributed by atoms with Crippen molar-refractivity contribution in [2.75, 3.05) is 6.61 Å². The maximum Gasteiger partial charge on any atom is 0.311 e. The largest absolute Gasteiger partial charge is 0.477 e. The van der Waals surface area contributed by atoms with E-state index in [-0.39, 0.29) is 28.9 Å². The number of nitro benzene ring substituents is 1. The first-order valence-corrected chi connectivity index (χ1v) is 10.8. The molecule has 0 bridgehead atoms. The van der Waals surface area contributed by atoms with Gasteiger partial charge in [-0.05, 0) is 40.9 Å². The van der Waals surface area contributed by atoms with Gasteiger partial charge in [-0.3, -0.25) is 14.9 Å². The van der Waals surface area contributed by atoms with Crippen LogP contribution in [-0.2, 0) is 10.2 Å². The number of ether oxygens (including phenoxy) is 1. The summed E-state index contributed by atoms with van der Waals surface area (Å²) >= 11 is 0. The number of hydrazone groups is 1. The molecule has 7 heteroatoms. The summed E-state index contributed by atoms with van der Waals surface area (Å²) in [6.45, 7) is 12.1. The van der Waals surface area contributed by atoms with Crippen molar-refractivity contribution in [3.05, 3.63) is 69.8 Å². The third kappa shape index (κ3) is 7.18. The van der Waals surface area contributed by atoms with Gasteiger partial charge in [0.15, 0.2) is 12.4 Å². The van der Waals surface area contributed by atoms with Crippen LogP contribution in [0.2, 0.25) is 0 Å². The lowest BCUT2D eigenvalue weighted by Crippen LogP contribution is -2.26. The number of rotatable bonds is 9. The fourth-order valence-electron chi connectivity index (χ4n) is 3.91. The van der Waals surface area contributed by atoms with Crippen molar-refractivity contribution in [2.24, 2.45) is 10.5 Å². The second-order valence-electron chi connectivity index (χ2n) is 9.66. The predicted molar refractivity (Wildman–Crippen MR) is 127 cm³/mol. The zero-order chi connectivity index (χ0) is 23.9. The number of hydrogen-bond acceptors (Lipinski definition) is 5. The Kier molecular flexibility index (Phi) is 8.14. The molecule has 0 heterocycles. The van der Waals surface area contributed by atoms with E-state index in [0.29, 0.717) is 6.42 Å². The maximum atomic E-state index is 12.2. The highest BCUT2D eigenvalue weighted by molar-refractivity contribution is 6.00. The van der Waals surface area contributed by atoms with E-state index in [9.17, 15) is 14.9 Å². The number of carbonyl (C=O) groups excluding carboxylic acids is 1. The number of nitrogens with zero attached hydrogens (tertiary/aromatic N) is 2. The summed E-state index contributed by atoms with van der Waals surface area (Å²) < 4.78 is 5.48. The highest BCUT2D eigenvalue weighted by atomic mass is 16.6. The van der Waals surface area contributed by atoms with Crippen molar-refractivity contribution >= 4 is 17.3 Å². The van der Waals surface area contributed by atoms with Gasteiger partial charge in [0.1, 0.15) is 0 Å². The molecule has 0 aliphatic heterocycles. The first-order valence-electron chi connectivity index (χ1n) is 10.8. The molecule has 2 aromatic carbocycles. The molecule has 172 valence electrons. The highest BCUT2D eigenvalue weighted by Crippen LogP contribution is 2.39. The van der Waals surface area contributed by atoms with Gasteiger partial charge in [0, 0.05) is 6.07 Å². The Balaban J connectivity index is 2.11. The second kappa shape index (κ2) is 10.4. The SMILES string of the molecule is CC/C(=N\NC(=O)COc1ccc(C(C)(C)CC(C)(C)C)cc1[N+](=O)[O-])c1ccccc1. The Morgan fingerprint density at radius 1 is 1.09 bits per heavy atom. The van der Waals surface area contributed by atoms with Crippen LogP contribution >= 0.6 is 0 Å². The summed E-state index contributed by atoms with van der Waals surface area (Å²) in [4.78, 5) is 23.4. The average molecular weight is 440 g/mol. The molecular weight excluding hydrogens is 406 g/mol. The number of hydrogen-bond donors (Lipinski definition) is 1. The van der Waals surface area contributed by atoms with Crippen molar-refractivity contribution in [2.45, 2.75) is 59.8 Å². The van der Waals surface area contributed by atoms with Gasteiger partial charge in [-0.2, -0.15) is 5.10 Å². The molecule has 0 saturated carbocycles. The van der Waals surface area contributed by atoms with Crippen LogP contribution in [0.3, 0.4) is 0 Å². The van der Waals surface area contributed by atoms with Gasteiger partial charge in [0.2, 0.25) is 0 Å². The fraction of sp³-hybridized carbons (Fsp3) is 0.440. The minimum absolute atomic E-state index is 0.0585. The topological polar surface area (TPSA) is 93.8 Å². The molecule has 7 nitrogen and oxygen atoms in total. The normalized spacial score (nSPS) is 12.4. The van der Waals surface area contributed by atoms with Crippen LogP contribution in [0, 0.1) is 15.5 Å². The van der Waals surface area contributed by atoms with E-state index in [0.717, 1.165) is 23.3 Å². The quantitative estimate of drug-likeness (QED) is 0.312. The predicted octanol–water partition coefficient (Wildman–Crippen LogP) is 5.62. The van der Waals surface area contributed by atoms with E-state index in [1.165, 1.54) is 0 Å². The van der Waals surface area contributed by atoms with Crippen molar-refractivity contribution in [1.82, 2.24) is 5.43 Å². The van der Waals surface area contributed by atoms with Crippen LogP contribution < -0.4 is 10.2 Å². The Bertz CT molecular complexity index is 976. The van der Waals surface area contributed by atoms with E-state index in [4.69, 9.17) is 4.74 Å². The molecule has 2 rings (SSSR count). The lowest BCUT2D eigenvalue weighted by Gasteiger charge is -2.33. The standard InChI is InChI=1S/C25H33N3O4/c1-7-20(18-11-9-8-10-12-18)26-27-23(29)16-32-22-14-13-19(15-21(22)28(30)31)25(5,6)17-24(2,3)4/h8-15H,7,16-17H2,1-6H3,(H,27,29)/b26-20+. The molecule has 32 heavy (non-hydrogen) atoms. The Morgan fingerprint density at radius 3 is 2.31 bits per heavy atom. The van der Waals surface area contributed by atoms with Gasteiger partial charge in [-0.1, -0.05) is 77.9 Å². The van der Waals surface area contributed by atoms with Crippen LogP contribution in [-0.4, -0.2) is 23.1 Å². The third-order valence-electron chi connectivity index (χ3n) is 5.03. The zero-order valence-electron chi connectivity index (χ0n) is 19.8. The molecule has 0 spiro atoms. The molecule has 0 radical (unpaired) electrons. The fourth-order valence-corrected chi connectivity index (χ4v) is 3.91. The van der Waals surface area contributed by atoms with Crippen molar-refractivity contribution in [3.63, 3.8) is 0 Å². The van der Waals surface area contributed by atoms with E-state index < -0.39 is 10.8 Å². The summed E-state index contributed by atoms with van der Waals surface area (Å²) in [5, 5.41) is 15.8. The number of nitro groups is 1. The molecule has 1 amide bonds. The number of nitrogens with one attached hydrogen (secondary N) is 1. The zero-order valence-corrected chi connectivity index (χ0v) is 19.8. The molecule has 0 saturated heterocycles. The van der Waals surface area contributed by atoms with Crippen molar-refractivity contribution in [1.29, 1.82) is 0 Å². The first-order chi connectivity index (χ1) is 14.9. The second-order valence-corrected chi connectivity index (χ2v) is 9.66. The van der Waals surface area contributed by atoms with Gasteiger partial charge in [-0.15, -0.1) is 0 Å². The molecule has 0 aliphatic rings. The summed E-state index contributed by atoms with van der Waals surface area (Å²) in [5.41, 5.74) is 4.64. The smallest absolute Gasteiger partial charge is 0.311 e. The van der Waals surface area contributed by atoms with Crippen molar-refractivity contribution < 1.29 is 14.5 Å². The lowest BCUT2D eigenvalue weighted by atomic mass is 9.72. The van der Waals surface area contributed by atoms with Crippen LogP contribution in [0.5, 0.6) is 5.75 Å². The molecule has 0 fully saturated rings. The molecular formula is C25H33N3O4.